The van der Waals surface area contributed by atoms with Gasteiger partial charge in [-0.25, -0.2) is 0 Å². The number of furan rings is 1. The molecule has 1 aromatic heterocycles. The molecule has 0 radical (unpaired) electrons. The fourth-order valence-electron chi connectivity index (χ4n) is 3.33. The molecule has 0 aliphatic heterocycles. The summed E-state index contributed by atoms with van der Waals surface area (Å²) in [6.07, 6.45) is 4.49. The smallest absolute Gasteiger partial charge is 0.238 e. The summed E-state index contributed by atoms with van der Waals surface area (Å²) in [5.41, 5.74) is 0.865. The van der Waals surface area contributed by atoms with Crippen molar-refractivity contribution in [1.29, 1.82) is 0 Å². The Balaban J connectivity index is 1.91. The maximum absolute atomic E-state index is 12.3. The van der Waals surface area contributed by atoms with E-state index in [9.17, 15) is 4.79 Å². The molecule has 1 fully saturated rings. The zero-order chi connectivity index (χ0) is 14.8. The fraction of sp³-hybridized carbons (Fsp3) is 0.471. The van der Waals surface area contributed by atoms with Gasteiger partial charge in [0.15, 0.2) is 0 Å². The van der Waals surface area contributed by atoms with Gasteiger partial charge in [0.05, 0.1) is 6.04 Å². The lowest BCUT2D eigenvalue weighted by molar-refractivity contribution is -0.133. The first-order valence-corrected chi connectivity index (χ1v) is 8.09. The van der Waals surface area contributed by atoms with Crippen LogP contribution in [0.15, 0.2) is 34.7 Å². The number of hydrogen-bond acceptors (Lipinski definition) is 2. The van der Waals surface area contributed by atoms with Gasteiger partial charge in [-0.15, -0.1) is 11.6 Å². The third kappa shape index (κ3) is 2.80. The number of para-hydroxylation sites is 1. The van der Waals surface area contributed by atoms with E-state index in [-0.39, 0.29) is 17.8 Å². The predicted octanol–water partition coefficient (Wildman–Crippen LogP) is 4.50. The van der Waals surface area contributed by atoms with E-state index in [1.54, 1.807) is 0 Å². The summed E-state index contributed by atoms with van der Waals surface area (Å²) in [7, 11) is 0. The maximum atomic E-state index is 12.3. The normalized spacial score (nSPS) is 17.2. The molecule has 3 rings (SSSR count). The molecule has 1 aromatic carbocycles. The van der Waals surface area contributed by atoms with Gasteiger partial charge >= 0.3 is 0 Å². The summed E-state index contributed by atoms with van der Waals surface area (Å²) in [6.45, 7) is 2.03. The van der Waals surface area contributed by atoms with Gasteiger partial charge in [-0.3, -0.25) is 4.79 Å². The number of amides is 1. The largest absolute Gasteiger partial charge is 0.459 e. The van der Waals surface area contributed by atoms with Crippen LogP contribution in [0.25, 0.3) is 11.0 Å². The Morgan fingerprint density at radius 3 is 2.76 bits per heavy atom. The Labute approximate surface area is 129 Å². The second-order valence-electron chi connectivity index (χ2n) is 5.74. The number of hydrogen-bond donors (Lipinski definition) is 0. The van der Waals surface area contributed by atoms with Crippen LogP contribution in [0.1, 0.15) is 44.4 Å². The number of carbonyl (C=O) groups excluding carboxylic acids is 1. The fourth-order valence-corrected chi connectivity index (χ4v) is 3.47. The molecule has 1 aliphatic rings. The van der Waals surface area contributed by atoms with Crippen molar-refractivity contribution in [1.82, 2.24) is 4.90 Å². The Hall–Kier alpha value is -1.48. The van der Waals surface area contributed by atoms with Crippen molar-refractivity contribution in [3.8, 4) is 0 Å². The number of halogens is 1. The van der Waals surface area contributed by atoms with Crippen molar-refractivity contribution in [3.05, 3.63) is 36.1 Å². The Morgan fingerprint density at radius 2 is 2.10 bits per heavy atom. The molecule has 0 saturated heterocycles. The van der Waals surface area contributed by atoms with Crippen LogP contribution in [-0.4, -0.2) is 22.7 Å². The van der Waals surface area contributed by atoms with Crippen LogP contribution in [-0.2, 0) is 4.79 Å². The number of fused-ring (bicyclic) bond motifs is 1. The SMILES string of the molecule is CC(c1cc2ccccc2o1)N(C(=O)CCl)C1CCCC1. The molecule has 1 saturated carbocycles. The Morgan fingerprint density at radius 1 is 1.38 bits per heavy atom. The molecule has 112 valence electrons. The van der Waals surface area contributed by atoms with Gasteiger partial charge in [-0.1, -0.05) is 31.0 Å². The van der Waals surface area contributed by atoms with E-state index >= 15 is 0 Å². The molecule has 4 heteroatoms. The van der Waals surface area contributed by atoms with Crippen molar-refractivity contribution in [3.63, 3.8) is 0 Å². The zero-order valence-electron chi connectivity index (χ0n) is 12.2. The molecule has 1 aliphatic carbocycles. The van der Waals surface area contributed by atoms with Gasteiger partial charge in [-0.2, -0.15) is 0 Å². The van der Waals surface area contributed by atoms with Gasteiger partial charge in [0.25, 0.3) is 0 Å². The van der Waals surface area contributed by atoms with E-state index in [0.29, 0.717) is 6.04 Å². The van der Waals surface area contributed by atoms with Crippen molar-refractivity contribution in [2.75, 3.05) is 5.88 Å². The molecular formula is C17H20ClNO2. The minimum atomic E-state index is -0.0771. The minimum Gasteiger partial charge on any atom is -0.459 e. The van der Waals surface area contributed by atoms with Crippen molar-refractivity contribution in [2.45, 2.75) is 44.7 Å². The van der Waals surface area contributed by atoms with Crippen LogP contribution in [0.4, 0.5) is 0 Å². The number of alkyl halides is 1. The second kappa shape index (κ2) is 6.10. The standard InChI is InChI=1S/C17H20ClNO2/c1-12(16-10-13-6-2-5-9-15(13)21-16)19(17(20)11-18)14-7-3-4-8-14/h2,5-6,9-10,12,14H,3-4,7-8,11H2,1H3. The van der Waals surface area contributed by atoms with E-state index in [1.807, 2.05) is 42.2 Å². The Bertz CT molecular complexity index is 598. The van der Waals surface area contributed by atoms with Crippen LogP contribution in [0.3, 0.4) is 0 Å². The third-order valence-electron chi connectivity index (χ3n) is 4.39. The predicted molar refractivity (Wildman–Crippen MR) is 84.5 cm³/mol. The van der Waals surface area contributed by atoms with Gasteiger partial charge in [0.2, 0.25) is 5.91 Å². The molecule has 21 heavy (non-hydrogen) atoms. The van der Waals surface area contributed by atoms with Crippen LogP contribution >= 0.6 is 11.6 Å². The maximum Gasteiger partial charge on any atom is 0.238 e. The van der Waals surface area contributed by atoms with Crippen LogP contribution in [0, 0.1) is 0 Å². The van der Waals surface area contributed by atoms with Gasteiger partial charge in [0, 0.05) is 11.4 Å². The molecule has 2 aromatic rings. The van der Waals surface area contributed by atoms with Gasteiger partial charge in [-0.05, 0) is 31.9 Å². The van der Waals surface area contributed by atoms with Gasteiger partial charge < -0.3 is 9.32 Å². The summed E-state index contributed by atoms with van der Waals surface area (Å²) >= 11 is 5.81. The first kappa shape index (κ1) is 14.5. The van der Waals surface area contributed by atoms with Crippen molar-refractivity contribution < 1.29 is 9.21 Å². The van der Waals surface area contributed by atoms with Crippen molar-refractivity contribution >= 4 is 28.5 Å². The molecule has 1 unspecified atom stereocenters. The molecule has 0 bridgehead atoms. The lowest BCUT2D eigenvalue weighted by Gasteiger charge is -2.33. The summed E-state index contributed by atoms with van der Waals surface area (Å²) in [6, 6.07) is 10.2. The molecule has 1 heterocycles. The monoisotopic (exact) mass is 305 g/mol. The van der Waals surface area contributed by atoms with Gasteiger partial charge in [0.1, 0.15) is 17.2 Å². The quantitative estimate of drug-likeness (QED) is 0.779. The molecule has 1 atom stereocenters. The molecule has 1 amide bonds. The molecule has 0 N–H and O–H groups in total. The number of benzene rings is 1. The van der Waals surface area contributed by atoms with E-state index in [2.05, 4.69) is 0 Å². The lowest BCUT2D eigenvalue weighted by atomic mass is 10.1. The first-order valence-electron chi connectivity index (χ1n) is 7.56. The van der Waals surface area contributed by atoms with Crippen molar-refractivity contribution in [2.24, 2.45) is 0 Å². The summed E-state index contributed by atoms with van der Waals surface area (Å²) in [4.78, 5) is 14.2. The van der Waals surface area contributed by atoms with E-state index in [4.69, 9.17) is 16.0 Å². The molecule has 0 spiro atoms. The minimum absolute atomic E-state index is 0.00322. The second-order valence-corrected chi connectivity index (χ2v) is 6.00. The van der Waals surface area contributed by atoms with Crippen LogP contribution in [0.2, 0.25) is 0 Å². The zero-order valence-corrected chi connectivity index (χ0v) is 13.0. The summed E-state index contributed by atoms with van der Waals surface area (Å²) < 4.78 is 5.93. The molecular weight excluding hydrogens is 286 g/mol. The summed E-state index contributed by atoms with van der Waals surface area (Å²) in [5, 5.41) is 1.07. The Kier molecular flexibility index (Phi) is 4.20. The van der Waals surface area contributed by atoms with E-state index in [1.165, 1.54) is 12.8 Å². The highest BCUT2D eigenvalue weighted by atomic mass is 35.5. The highest BCUT2D eigenvalue weighted by Crippen LogP contribution is 2.33. The topological polar surface area (TPSA) is 33.5 Å². The van der Waals surface area contributed by atoms with E-state index < -0.39 is 0 Å². The lowest BCUT2D eigenvalue weighted by Crippen LogP contribution is -2.41. The summed E-state index contributed by atoms with van der Waals surface area (Å²) in [5.74, 6) is 0.860. The van der Waals surface area contributed by atoms with Crippen LogP contribution < -0.4 is 0 Å². The molecule has 3 nitrogen and oxygen atoms in total. The average molecular weight is 306 g/mol. The van der Waals surface area contributed by atoms with E-state index in [0.717, 1.165) is 29.6 Å². The third-order valence-corrected chi connectivity index (χ3v) is 4.62. The number of carbonyl (C=O) groups is 1. The highest BCUT2D eigenvalue weighted by Gasteiger charge is 2.32. The number of rotatable bonds is 4. The average Bonchev–Trinajstić information content (AvgIpc) is 3.16. The number of nitrogens with zero attached hydrogens (tertiary/aromatic N) is 1. The first-order chi connectivity index (χ1) is 10.2. The van der Waals surface area contributed by atoms with Crippen LogP contribution in [0.5, 0.6) is 0 Å². The highest BCUT2D eigenvalue weighted by molar-refractivity contribution is 6.27.